The molecule has 0 spiro atoms. The van der Waals surface area contributed by atoms with Crippen LogP contribution < -0.4 is 4.72 Å². The van der Waals surface area contributed by atoms with Crippen LogP contribution in [0.2, 0.25) is 0 Å². The number of rotatable bonds is 4. The van der Waals surface area contributed by atoms with Crippen LogP contribution in [0.25, 0.3) is 0 Å². The summed E-state index contributed by atoms with van der Waals surface area (Å²) in [7, 11) is -3.65. The minimum atomic E-state index is -3.65. The largest absolute Gasteiger partial charge is 0.364 e. The van der Waals surface area contributed by atoms with E-state index < -0.39 is 15.8 Å². The van der Waals surface area contributed by atoms with Crippen molar-refractivity contribution in [2.45, 2.75) is 11.4 Å². The van der Waals surface area contributed by atoms with Crippen LogP contribution in [-0.2, 0) is 16.6 Å². The van der Waals surface area contributed by atoms with Crippen LogP contribution in [0, 0.1) is 5.82 Å². The number of benzene rings is 1. The molecule has 1 heterocycles. The quantitative estimate of drug-likeness (QED) is 0.894. The molecule has 2 aromatic rings. The molecule has 90 valence electrons. The Morgan fingerprint density at radius 3 is 2.53 bits per heavy atom. The molecule has 0 bridgehead atoms. The minimum absolute atomic E-state index is 0.00222. The van der Waals surface area contributed by atoms with Crippen molar-refractivity contribution in [3.63, 3.8) is 0 Å². The van der Waals surface area contributed by atoms with Crippen LogP contribution in [0.4, 0.5) is 4.39 Å². The molecule has 0 aliphatic heterocycles. The Kier molecular flexibility index (Phi) is 3.21. The highest BCUT2D eigenvalue weighted by molar-refractivity contribution is 7.89. The molecule has 5 nitrogen and oxygen atoms in total. The second kappa shape index (κ2) is 4.64. The fourth-order valence-electron chi connectivity index (χ4n) is 1.19. The van der Waals surface area contributed by atoms with Crippen molar-refractivity contribution in [2.24, 2.45) is 0 Å². The molecule has 0 aliphatic rings. The van der Waals surface area contributed by atoms with Crippen LogP contribution in [0.5, 0.6) is 0 Å². The van der Waals surface area contributed by atoms with Gasteiger partial charge >= 0.3 is 0 Å². The zero-order valence-corrected chi connectivity index (χ0v) is 9.45. The van der Waals surface area contributed by atoms with Gasteiger partial charge in [-0.2, -0.15) is 0 Å². The van der Waals surface area contributed by atoms with Crippen LogP contribution in [0.3, 0.4) is 0 Å². The van der Waals surface area contributed by atoms with E-state index in [1.807, 2.05) is 0 Å². The van der Waals surface area contributed by atoms with Gasteiger partial charge in [0.2, 0.25) is 10.0 Å². The van der Waals surface area contributed by atoms with Crippen molar-refractivity contribution < 1.29 is 17.3 Å². The molecule has 2 rings (SSSR count). The summed E-state index contributed by atoms with van der Waals surface area (Å²) in [6, 6.07) is 6.11. The van der Waals surface area contributed by atoms with Crippen molar-refractivity contribution in [1.29, 1.82) is 0 Å². The number of halogens is 1. The summed E-state index contributed by atoms with van der Waals surface area (Å²) in [5.74, 6) is -0.486. The Morgan fingerprint density at radius 1 is 1.24 bits per heavy atom. The molecule has 0 radical (unpaired) electrons. The molecule has 0 atom stereocenters. The zero-order valence-electron chi connectivity index (χ0n) is 8.63. The van der Waals surface area contributed by atoms with Crippen LogP contribution in [0.1, 0.15) is 5.69 Å². The average molecular weight is 256 g/mol. The van der Waals surface area contributed by atoms with Gasteiger partial charge in [0.15, 0.2) is 0 Å². The van der Waals surface area contributed by atoms with Gasteiger partial charge in [0.25, 0.3) is 0 Å². The van der Waals surface area contributed by atoms with Crippen LogP contribution in [-0.4, -0.2) is 13.6 Å². The van der Waals surface area contributed by atoms with E-state index in [2.05, 4.69) is 14.4 Å². The topological polar surface area (TPSA) is 72.2 Å². The first kappa shape index (κ1) is 11.7. The molecular weight excluding hydrogens is 247 g/mol. The molecule has 1 aromatic heterocycles. The van der Waals surface area contributed by atoms with E-state index in [1.165, 1.54) is 18.4 Å². The zero-order chi connectivity index (χ0) is 12.3. The summed E-state index contributed by atoms with van der Waals surface area (Å²) >= 11 is 0. The number of hydrogen-bond acceptors (Lipinski definition) is 4. The van der Waals surface area contributed by atoms with E-state index in [0.29, 0.717) is 5.69 Å². The van der Waals surface area contributed by atoms with Gasteiger partial charge < -0.3 is 4.52 Å². The first-order valence-electron chi connectivity index (χ1n) is 4.72. The highest BCUT2D eigenvalue weighted by atomic mass is 32.2. The molecule has 0 saturated heterocycles. The molecule has 0 fully saturated rings. The maximum atomic E-state index is 12.6. The predicted octanol–water partition coefficient (Wildman–Crippen LogP) is 1.29. The van der Waals surface area contributed by atoms with Gasteiger partial charge in [-0.15, -0.1) is 0 Å². The highest BCUT2D eigenvalue weighted by Crippen LogP contribution is 2.10. The lowest BCUT2D eigenvalue weighted by Crippen LogP contribution is -2.23. The molecule has 1 N–H and O–H groups in total. The lowest BCUT2D eigenvalue weighted by atomic mass is 10.4. The summed E-state index contributed by atoms with van der Waals surface area (Å²) in [6.45, 7) is 0.0240. The molecule has 17 heavy (non-hydrogen) atoms. The SMILES string of the molecule is O=S(=O)(NCc1ccon1)c1ccc(F)cc1. The Morgan fingerprint density at radius 2 is 1.94 bits per heavy atom. The average Bonchev–Trinajstić information content (AvgIpc) is 2.80. The standard InChI is InChI=1S/C10H9FN2O3S/c11-8-1-3-10(4-2-8)17(14,15)12-7-9-5-6-16-13-9/h1-6,12H,7H2. The summed E-state index contributed by atoms with van der Waals surface area (Å²) < 4.78 is 43.0. The number of sulfonamides is 1. The Bertz CT molecular complexity index is 579. The summed E-state index contributed by atoms with van der Waals surface area (Å²) in [4.78, 5) is 0.00222. The van der Waals surface area contributed by atoms with Crippen molar-refractivity contribution in [2.75, 3.05) is 0 Å². The maximum Gasteiger partial charge on any atom is 0.240 e. The molecule has 7 heteroatoms. The highest BCUT2D eigenvalue weighted by Gasteiger charge is 2.13. The van der Waals surface area contributed by atoms with Gasteiger partial charge in [0.1, 0.15) is 12.1 Å². The van der Waals surface area contributed by atoms with E-state index in [1.54, 1.807) is 6.07 Å². The van der Waals surface area contributed by atoms with Crippen LogP contribution in [0.15, 0.2) is 46.0 Å². The maximum absolute atomic E-state index is 12.6. The first-order valence-corrected chi connectivity index (χ1v) is 6.21. The molecule has 0 unspecified atom stereocenters. The van der Waals surface area contributed by atoms with Crippen LogP contribution >= 0.6 is 0 Å². The second-order valence-electron chi connectivity index (χ2n) is 3.27. The molecule has 1 aromatic carbocycles. The van der Waals surface area contributed by atoms with Gasteiger partial charge in [0, 0.05) is 6.07 Å². The van der Waals surface area contributed by atoms with Crippen molar-refractivity contribution >= 4 is 10.0 Å². The minimum Gasteiger partial charge on any atom is -0.364 e. The number of aromatic nitrogens is 1. The molecule has 0 aliphatic carbocycles. The molecular formula is C10H9FN2O3S. The summed E-state index contributed by atoms with van der Waals surface area (Å²) in [5, 5.41) is 3.57. The fraction of sp³-hybridized carbons (Fsp3) is 0.100. The smallest absolute Gasteiger partial charge is 0.240 e. The van der Waals surface area contributed by atoms with Gasteiger partial charge in [-0.25, -0.2) is 17.5 Å². The number of nitrogens with one attached hydrogen (secondary N) is 1. The summed E-state index contributed by atoms with van der Waals surface area (Å²) in [5.41, 5.74) is 0.468. The lowest BCUT2D eigenvalue weighted by Gasteiger charge is -2.04. The van der Waals surface area contributed by atoms with Crippen molar-refractivity contribution in [3.05, 3.63) is 48.1 Å². The third-order valence-corrected chi connectivity index (χ3v) is 3.48. The van der Waals surface area contributed by atoms with E-state index in [9.17, 15) is 12.8 Å². The first-order chi connectivity index (χ1) is 8.08. The van der Waals surface area contributed by atoms with Gasteiger partial charge in [-0.3, -0.25) is 0 Å². The third-order valence-electron chi connectivity index (χ3n) is 2.06. The van der Waals surface area contributed by atoms with Gasteiger partial charge in [-0.05, 0) is 24.3 Å². The van der Waals surface area contributed by atoms with Crippen molar-refractivity contribution in [3.8, 4) is 0 Å². The van der Waals surface area contributed by atoms with E-state index in [4.69, 9.17) is 0 Å². The Labute approximate surface area is 97.3 Å². The normalized spacial score (nSPS) is 11.6. The lowest BCUT2D eigenvalue weighted by molar-refractivity contribution is 0.411. The third kappa shape index (κ3) is 2.89. The van der Waals surface area contributed by atoms with E-state index in [-0.39, 0.29) is 11.4 Å². The van der Waals surface area contributed by atoms with E-state index in [0.717, 1.165) is 12.1 Å². The van der Waals surface area contributed by atoms with Gasteiger partial charge in [0.05, 0.1) is 17.1 Å². The Hall–Kier alpha value is -1.73. The number of hydrogen-bond donors (Lipinski definition) is 1. The van der Waals surface area contributed by atoms with E-state index >= 15 is 0 Å². The molecule has 0 amide bonds. The predicted molar refractivity (Wildman–Crippen MR) is 56.9 cm³/mol. The van der Waals surface area contributed by atoms with Crippen molar-refractivity contribution in [1.82, 2.24) is 9.88 Å². The number of nitrogens with zero attached hydrogens (tertiary/aromatic N) is 1. The molecule has 0 saturated carbocycles. The monoisotopic (exact) mass is 256 g/mol. The Balaban J connectivity index is 2.11. The summed E-state index contributed by atoms with van der Waals surface area (Å²) in [6.07, 6.45) is 1.35. The fourth-order valence-corrected chi connectivity index (χ4v) is 2.19. The second-order valence-corrected chi connectivity index (χ2v) is 5.04. The van der Waals surface area contributed by atoms with Gasteiger partial charge in [-0.1, -0.05) is 5.16 Å².